The van der Waals surface area contributed by atoms with E-state index in [1.807, 2.05) is 0 Å². The Bertz CT molecular complexity index is 1350. The number of phenolic OH excluding ortho intramolecular Hbond substituents is 1. The van der Waals surface area contributed by atoms with Gasteiger partial charge in [-0.05, 0) is 56.7 Å². The molecule has 1 aromatic carbocycles. The van der Waals surface area contributed by atoms with Crippen molar-refractivity contribution >= 4 is 40.5 Å². The number of aliphatic hydroxyl groups is 3. The molecular formula is C25H31N5O7S. The molecule has 0 bridgehead atoms. The number of hydrogen-bond donors (Lipinski definition) is 7. The smallest absolute Gasteiger partial charge is 0.255 e. The highest BCUT2D eigenvalue weighted by Gasteiger charge is 2.63. The molecule has 3 aliphatic carbocycles. The molecule has 4 rings (SSSR count). The molecule has 4 atom stereocenters. The van der Waals surface area contributed by atoms with Crippen LogP contribution in [0, 0.1) is 11.8 Å². The monoisotopic (exact) mass is 545 g/mol. The van der Waals surface area contributed by atoms with Crippen molar-refractivity contribution in [1.29, 1.82) is 0 Å². The zero-order chi connectivity index (χ0) is 28.4. The number of nitrogens with two attached hydrogens (primary N) is 2. The highest BCUT2D eigenvalue weighted by Crippen LogP contribution is 2.53. The first-order chi connectivity index (χ1) is 17.6. The predicted octanol–water partition coefficient (Wildman–Crippen LogP) is -0.480. The van der Waals surface area contributed by atoms with Crippen LogP contribution in [0.1, 0.15) is 27.9 Å². The molecule has 0 heterocycles. The zero-order valence-electron chi connectivity index (χ0n) is 21.4. The van der Waals surface area contributed by atoms with Gasteiger partial charge >= 0.3 is 0 Å². The zero-order valence-corrected chi connectivity index (χ0v) is 22.2. The number of amides is 1. The van der Waals surface area contributed by atoms with E-state index < -0.39 is 58.0 Å². The average molecular weight is 546 g/mol. The van der Waals surface area contributed by atoms with Crippen molar-refractivity contribution in [2.24, 2.45) is 23.3 Å². The Morgan fingerprint density at radius 1 is 1.18 bits per heavy atom. The summed E-state index contributed by atoms with van der Waals surface area (Å²) in [5, 5.41) is 47.8. The maximum absolute atomic E-state index is 13.9. The Balaban J connectivity index is 1.96. The maximum atomic E-state index is 13.9. The van der Waals surface area contributed by atoms with Crippen LogP contribution >= 0.6 is 12.2 Å². The van der Waals surface area contributed by atoms with Gasteiger partial charge in [-0.25, -0.2) is 0 Å². The number of thiocarbonyl (C=S) groups is 1. The third-order valence-electron chi connectivity index (χ3n) is 7.71. The van der Waals surface area contributed by atoms with E-state index in [0.29, 0.717) is 16.8 Å². The first kappa shape index (κ1) is 27.4. The largest absolute Gasteiger partial charge is 0.510 e. The Labute approximate surface area is 224 Å². The number of phenols is 1. The Morgan fingerprint density at radius 3 is 2.34 bits per heavy atom. The van der Waals surface area contributed by atoms with Crippen LogP contribution in [-0.4, -0.2) is 87.7 Å². The highest BCUT2D eigenvalue weighted by atomic mass is 32.1. The molecule has 0 spiro atoms. The molecule has 0 saturated carbocycles. The third kappa shape index (κ3) is 3.80. The Morgan fingerprint density at radius 2 is 1.82 bits per heavy atom. The fraction of sp³-hybridized carbons (Fsp3) is 0.440. The van der Waals surface area contributed by atoms with E-state index in [9.17, 15) is 34.8 Å². The summed E-state index contributed by atoms with van der Waals surface area (Å²) in [5.41, 5.74) is 8.57. The lowest BCUT2D eigenvalue weighted by molar-refractivity contribution is -0.148. The van der Waals surface area contributed by atoms with E-state index in [1.165, 1.54) is 4.90 Å². The molecule has 0 aliphatic heterocycles. The summed E-state index contributed by atoms with van der Waals surface area (Å²) >= 11 is 4.85. The third-order valence-corrected chi connectivity index (χ3v) is 7.86. The molecule has 0 saturated heterocycles. The number of Topliss-reactive ketones (excluding diaryl/α,β-unsaturated/α-hetero) is 2. The van der Waals surface area contributed by atoms with Crippen molar-refractivity contribution in [1.82, 2.24) is 10.2 Å². The molecule has 38 heavy (non-hydrogen) atoms. The van der Waals surface area contributed by atoms with E-state index >= 15 is 0 Å². The van der Waals surface area contributed by atoms with Crippen LogP contribution in [0.4, 0.5) is 5.69 Å². The van der Waals surface area contributed by atoms with E-state index in [2.05, 4.69) is 5.32 Å². The second-order valence-corrected chi connectivity index (χ2v) is 10.8. The number of primary amides is 1. The van der Waals surface area contributed by atoms with Gasteiger partial charge in [0.25, 0.3) is 5.91 Å². The van der Waals surface area contributed by atoms with Crippen molar-refractivity contribution in [2.45, 2.75) is 31.0 Å². The normalized spacial score (nSPS) is 26.6. The van der Waals surface area contributed by atoms with Gasteiger partial charge in [0, 0.05) is 43.4 Å². The summed E-state index contributed by atoms with van der Waals surface area (Å²) in [4.78, 5) is 42.7. The quantitative estimate of drug-likeness (QED) is 0.185. The van der Waals surface area contributed by atoms with Crippen molar-refractivity contribution in [3.05, 3.63) is 45.4 Å². The Hall–Kier alpha value is -3.68. The summed E-state index contributed by atoms with van der Waals surface area (Å²) in [7, 11) is 6.72. The number of hydrogen-bond acceptors (Lipinski definition) is 10. The number of rotatable bonds is 5. The molecule has 0 unspecified atom stereocenters. The van der Waals surface area contributed by atoms with Gasteiger partial charge in [-0.15, -0.1) is 0 Å². The van der Waals surface area contributed by atoms with Gasteiger partial charge in [-0.2, -0.15) is 0 Å². The van der Waals surface area contributed by atoms with Gasteiger partial charge in [-0.1, -0.05) is 0 Å². The lowest BCUT2D eigenvalue weighted by Crippen LogP contribution is -2.63. The van der Waals surface area contributed by atoms with Crippen LogP contribution < -0.4 is 21.7 Å². The van der Waals surface area contributed by atoms with Crippen molar-refractivity contribution in [3.63, 3.8) is 0 Å². The summed E-state index contributed by atoms with van der Waals surface area (Å²) in [6, 6.07) is 0.664. The standard InChI is InChI=1S/C25H31N5O7S/c1-29(2)13-7-10(8-28-24(27)38)18(31)15-11(13)5-9-6-12-17(30(3)4)20(33)16(23(26)36)22(35)25(12,37)21(34)14(9)19(15)32/h7,9,12,17,31,33-34,37H,5-6,8H2,1-4H3,(H2,26,36)(H3,27,28,38)/t9-,12-,17-,25-/m0/s1. The number of fused-ring (bicyclic) bond motifs is 3. The maximum Gasteiger partial charge on any atom is 0.255 e. The molecular weight excluding hydrogens is 514 g/mol. The first-order valence-electron chi connectivity index (χ1n) is 11.9. The molecule has 0 radical (unpaired) electrons. The number of ketones is 2. The SMILES string of the molecule is CN(C)c1cc(CNC(N)=S)c(O)c2c1C[C@H]1C[C@H]3[C@H](N(C)C)C(O)=C(C(N)=O)C(=O)[C@@]3(O)C(O)=C1C2=O. The second-order valence-electron chi connectivity index (χ2n) is 10.3. The fourth-order valence-corrected chi connectivity index (χ4v) is 6.14. The van der Waals surface area contributed by atoms with Crippen LogP contribution in [0.15, 0.2) is 28.7 Å². The number of nitrogens with one attached hydrogen (secondary N) is 1. The van der Waals surface area contributed by atoms with Gasteiger partial charge in [0.2, 0.25) is 5.78 Å². The number of carbonyl (C=O) groups is 3. The number of nitrogens with zero attached hydrogens (tertiary/aromatic N) is 2. The lowest BCUT2D eigenvalue weighted by atomic mass is 9.58. The van der Waals surface area contributed by atoms with Crippen molar-refractivity contribution in [3.8, 4) is 5.75 Å². The van der Waals surface area contributed by atoms with E-state index in [0.717, 1.165) is 0 Å². The lowest BCUT2D eigenvalue weighted by Gasteiger charge is -2.50. The van der Waals surface area contributed by atoms with Gasteiger partial charge in [0.05, 0.1) is 11.6 Å². The Kier molecular flexibility index (Phi) is 6.66. The van der Waals surface area contributed by atoms with Crippen molar-refractivity contribution in [2.75, 3.05) is 33.1 Å². The summed E-state index contributed by atoms with van der Waals surface area (Å²) in [5.74, 6) is -6.90. The van der Waals surface area contributed by atoms with E-state index in [4.69, 9.17) is 23.7 Å². The topological polar surface area (TPSA) is 203 Å². The molecule has 3 aliphatic rings. The number of aromatic hydroxyl groups is 1. The van der Waals surface area contributed by atoms with Gasteiger partial charge in [0.15, 0.2) is 16.5 Å². The minimum atomic E-state index is -2.69. The molecule has 1 aromatic rings. The van der Waals surface area contributed by atoms with Gasteiger partial charge in [0.1, 0.15) is 22.8 Å². The first-order valence-corrected chi connectivity index (χ1v) is 12.3. The number of likely N-dealkylation sites (N-methyl/N-ethyl adjacent to an activating group) is 1. The van der Waals surface area contributed by atoms with Gasteiger partial charge < -0.3 is 42.1 Å². The molecule has 204 valence electrons. The van der Waals surface area contributed by atoms with Crippen LogP contribution in [0.25, 0.3) is 0 Å². The summed E-state index contributed by atoms with van der Waals surface area (Å²) < 4.78 is 0. The van der Waals surface area contributed by atoms with E-state index in [-0.39, 0.29) is 41.4 Å². The molecule has 1 amide bonds. The number of allylic oxidation sites excluding steroid dienone is 1. The molecule has 9 N–H and O–H groups in total. The van der Waals surface area contributed by atoms with Crippen LogP contribution in [0.2, 0.25) is 0 Å². The van der Waals surface area contributed by atoms with Crippen molar-refractivity contribution < 1.29 is 34.8 Å². The van der Waals surface area contributed by atoms with Gasteiger partial charge in [-0.3, -0.25) is 19.3 Å². The fourth-order valence-electron chi connectivity index (χ4n) is 6.07. The predicted molar refractivity (Wildman–Crippen MR) is 142 cm³/mol. The van der Waals surface area contributed by atoms with E-state index in [1.54, 1.807) is 39.2 Å². The second kappa shape index (κ2) is 9.26. The average Bonchev–Trinajstić information content (AvgIpc) is 2.80. The number of anilines is 1. The highest BCUT2D eigenvalue weighted by molar-refractivity contribution is 7.80. The van der Waals surface area contributed by atoms with Crippen LogP contribution in [0.5, 0.6) is 5.75 Å². The molecule has 13 heteroatoms. The summed E-state index contributed by atoms with van der Waals surface area (Å²) in [6.07, 6.45) is 0.211. The molecule has 0 fully saturated rings. The minimum Gasteiger partial charge on any atom is -0.510 e. The van der Waals surface area contributed by atoms with Crippen LogP contribution in [0.3, 0.4) is 0 Å². The molecule has 0 aromatic heterocycles. The van der Waals surface area contributed by atoms with Crippen LogP contribution in [-0.2, 0) is 22.6 Å². The summed E-state index contributed by atoms with van der Waals surface area (Å²) in [6.45, 7) is 0.0259. The number of aliphatic hydroxyl groups excluding tert-OH is 2. The number of carbonyl (C=O) groups excluding carboxylic acids is 3. The number of benzene rings is 1. The molecule has 12 nitrogen and oxygen atoms in total. The minimum absolute atomic E-state index is 0.00590.